The van der Waals surface area contributed by atoms with Crippen LogP contribution in [0, 0.1) is 18.8 Å². The second-order valence-electron chi connectivity index (χ2n) is 9.37. The molecule has 2 saturated heterocycles. The topological polar surface area (TPSA) is 84.8 Å². The molecule has 1 saturated carbocycles. The number of nitrogens with zero attached hydrogens (tertiary/aromatic N) is 6. The molecule has 5 heterocycles. The lowest BCUT2D eigenvalue weighted by molar-refractivity contribution is -0.141. The van der Waals surface area contributed by atoms with Gasteiger partial charge in [0.25, 0.3) is 5.91 Å². The summed E-state index contributed by atoms with van der Waals surface area (Å²) in [6.07, 6.45) is 3.60. The fourth-order valence-electron chi connectivity index (χ4n) is 5.23. The Morgan fingerprint density at radius 3 is 2.49 bits per heavy atom. The first-order valence-corrected chi connectivity index (χ1v) is 11.7. The summed E-state index contributed by atoms with van der Waals surface area (Å²) in [5.41, 5.74) is 1.10. The lowest BCUT2D eigenvalue weighted by Gasteiger charge is -2.57. The first-order chi connectivity index (χ1) is 16.7. The SMILES string of the molecule is Cc1ccc(-c2ncccn2)c(C(=O)N2C3CC(C3)[C@@H](C)C2CCc2cnc(C(F)(F)F)cn2)n1. The average Bonchev–Trinajstić information content (AvgIpc) is 2.82. The summed E-state index contributed by atoms with van der Waals surface area (Å²) in [7, 11) is 0. The van der Waals surface area contributed by atoms with Crippen LogP contribution in [0.4, 0.5) is 13.2 Å². The second-order valence-corrected chi connectivity index (χ2v) is 9.37. The van der Waals surface area contributed by atoms with Gasteiger partial charge in [-0.2, -0.15) is 13.2 Å². The molecular formula is C25H25F3N6O. The van der Waals surface area contributed by atoms with Crippen molar-refractivity contribution in [3.8, 4) is 11.4 Å². The molecule has 0 aromatic carbocycles. The summed E-state index contributed by atoms with van der Waals surface area (Å²) in [5.74, 6) is 1.08. The molecule has 1 amide bonds. The van der Waals surface area contributed by atoms with Gasteiger partial charge in [0.1, 0.15) is 5.69 Å². The molecule has 10 heteroatoms. The summed E-state index contributed by atoms with van der Waals surface area (Å²) < 4.78 is 38.5. The van der Waals surface area contributed by atoms with Crippen molar-refractivity contribution in [2.24, 2.45) is 11.8 Å². The number of halogens is 3. The number of piperidine rings is 2. The average molecular weight is 483 g/mol. The number of aromatic nitrogens is 5. The normalized spacial score (nSPS) is 23.6. The van der Waals surface area contributed by atoms with Gasteiger partial charge >= 0.3 is 6.18 Å². The molecule has 2 bridgehead atoms. The van der Waals surface area contributed by atoms with E-state index in [2.05, 4.69) is 31.8 Å². The van der Waals surface area contributed by atoms with E-state index in [-0.39, 0.29) is 23.9 Å². The summed E-state index contributed by atoms with van der Waals surface area (Å²) in [4.78, 5) is 36.6. The minimum atomic E-state index is -4.52. The van der Waals surface area contributed by atoms with Crippen molar-refractivity contribution in [1.29, 1.82) is 0 Å². The largest absolute Gasteiger partial charge is 0.434 e. The maximum Gasteiger partial charge on any atom is 0.434 e. The zero-order valence-corrected chi connectivity index (χ0v) is 19.4. The van der Waals surface area contributed by atoms with Crippen molar-refractivity contribution in [3.05, 3.63) is 65.8 Å². The van der Waals surface area contributed by atoms with Crippen LogP contribution in [0.1, 0.15) is 53.8 Å². The number of hydrogen-bond acceptors (Lipinski definition) is 6. The minimum Gasteiger partial charge on any atom is -0.331 e. The molecule has 3 fully saturated rings. The van der Waals surface area contributed by atoms with Crippen molar-refractivity contribution in [2.75, 3.05) is 0 Å². The maximum atomic E-state index is 14.0. The lowest BCUT2D eigenvalue weighted by atomic mass is 9.64. The van der Waals surface area contributed by atoms with Crippen LogP contribution >= 0.6 is 0 Å². The van der Waals surface area contributed by atoms with Crippen molar-refractivity contribution in [3.63, 3.8) is 0 Å². The summed E-state index contributed by atoms with van der Waals surface area (Å²) in [5, 5.41) is 0. The predicted molar refractivity (Wildman–Crippen MR) is 121 cm³/mol. The van der Waals surface area contributed by atoms with Crippen LogP contribution in [0.25, 0.3) is 11.4 Å². The Kier molecular flexibility index (Phi) is 5.98. The fraction of sp³-hybridized carbons (Fsp3) is 0.440. The van der Waals surface area contributed by atoms with E-state index in [1.54, 1.807) is 18.5 Å². The lowest BCUT2D eigenvalue weighted by Crippen LogP contribution is -2.63. The molecule has 3 aromatic heterocycles. The van der Waals surface area contributed by atoms with Crippen LogP contribution in [0.5, 0.6) is 0 Å². The third-order valence-electron chi connectivity index (χ3n) is 7.22. The van der Waals surface area contributed by atoms with Crippen LogP contribution in [0.3, 0.4) is 0 Å². The van der Waals surface area contributed by atoms with E-state index in [1.807, 2.05) is 24.0 Å². The highest BCUT2D eigenvalue weighted by Crippen LogP contribution is 2.48. The van der Waals surface area contributed by atoms with Crippen molar-refractivity contribution in [2.45, 2.75) is 57.8 Å². The Morgan fingerprint density at radius 1 is 1.09 bits per heavy atom. The number of amides is 1. The number of alkyl halides is 3. The van der Waals surface area contributed by atoms with Crippen LogP contribution in [0.2, 0.25) is 0 Å². The van der Waals surface area contributed by atoms with Gasteiger partial charge in [-0.25, -0.2) is 19.9 Å². The molecule has 2 aliphatic heterocycles. The number of carbonyl (C=O) groups excluding carboxylic acids is 1. The van der Waals surface area contributed by atoms with E-state index >= 15 is 0 Å². The molecule has 0 radical (unpaired) electrons. The Balaban J connectivity index is 1.41. The summed E-state index contributed by atoms with van der Waals surface area (Å²) in [6, 6.07) is 5.43. The van der Waals surface area contributed by atoms with Gasteiger partial charge in [0.15, 0.2) is 11.5 Å². The molecule has 3 aliphatic rings. The van der Waals surface area contributed by atoms with Gasteiger partial charge in [0.2, 0.25) is 0 Å². The van der Waals surface area contributed by atoms with Gasteiger partial charge in [-0.1, -0.05) is 6.92 Å². The van der Waals surface area contributed by atoms with Gasteiger partial charge < -0.3 is 4.90 Å². The molecule has 1 unspecified atom stereocenters. The summed E-state index contributed by atoms with van der Waals surface area (Å²) in [6.45, 7) is 3.99. The third-order valence-corrected chi connectivity index (χ3v) is 7.22. The predicted octanol–water partition coefficient (Wildman–Crippen LogP) is 4.53. The number of hydrogen-bond donors (Lipinski definition) is 0. The van der Waals surface area contributed by atoms with Gasteiger partial charge in [0.05, 0.1) is 17.5 Å². The van der Waals surface area contributed by atoms with E-state index in [0.717, 1.165) is 24.7 Å². The molecule has 1 aliphatic carbocycles. The number of fused-ring (bicyclic) bond motifs is 2. The molecule has 7 nitrogen and oxygen atoms in total. The maximum absolute atomic E-state index is 14.0. The number of pyridine rings is 1. The second kappa shape index (κ2) is 8.98. The fourth-order valence-corrected chi connectivity index (χ4v) is 5.23. The Hall–Kier alpha value is -3.43. The molecule has 0 N–H and O–H groups in total. The highest BCUT2D eigenvalue weighted by Gasteiger charge is 2.50. The minimum absolute atomic E-state index is 0.0732. The number of aryl methyl sites for hydroxylation is 2. The standard InChI is InChI=1S/C25H25F3N6O/c1-14-4-6-19(23-29-8-3-9-30-23)22(33-14)24(35)34-18-10-16(11-18)15(2)20(34)7-5-17-12-32-21(13-31-17)25(26,27)28/h3-4,6,8-9,12-13,15-16,18,20H,5,7,10-11H2,1-2H3/t15-,16?,18?,20?/m1/s1. The van der Waals surface area contributed by atoms with Crippen molar-refractivity contribution >= 4 is 5.91 Å². The van der Waals surface area contributed by atoms with E-state index < -0.39 is 11.9 Å². The third kappa shape index (κ3) is 4.49. The number of rotatable bonds is 5. The van der Waals surface area contributed by atoms with Crippen LogP contribution in [-0.2, 0) is 12.6 Å². The summed E-state index contributed by atoms with van der Waals surface area (Å²) >= 11 is 0. The molecule has 3 aromatic rings. The van der Waals surface area contributed by atoms with Gasteiger partial charge in [-0.15, -0.1) is 0 Å². The smallest absolute Gasteiger partial charge is 0.331 e. The monoisotopic (exact) mass is 482 g/mol. The van der Waals surface area contributed by atoms with Gasteiger partial charge in [0, 0.05) is 36.4 Å². The van der Waals surface area contributed by atoms with E-state index in [0.29, 0.717) is 41.5 Å². The van der Waals surface area contributed by atoms with Crippen LogP contribution in [0.15, 0.2) is 43.0 Å². The Labute approximate surface area is 200 Å². The number of carbonyl (C=O) groups is 1. The highest BCUT2D eigenvalue weighted by molar-refractivity contribution is 5.98. The molecule has 0 spiro atoms. The first-order valence-electron chi connectivity index (χ1n) is 11.7. The molecular weight excluding hydrogens is 457 g/mol. The molecule has 2 atom stereocenters. The zero-order chi connectivity index (χ0) is 24.7. The Morgan fingerprint density at radius 2 is 1.83 bits per heavy atom. The van der Waals surface area contributed by atoms with Crippen molar-refractivity contribution in [1.82, 2.24) is 29.8 Å². The van der Waals surface area contributed by atoms with E-state index in [9.17, 15) is 18.0 Å². The van der Waals surface area contributed by atoms with E-state index in [1.165, 1.54) is 6.20 Å². The Bertz CT molecular complexity index is 1210. The molecule has 6 rings (SSSR count). The highest BCUT2D eigenvalue weighted by atomic mass is 19.4. The quantitative estimate of drug-likeness (QED) is 0.531. The first kappa shape index (κ1) is 23.3. The molecule has 35 heavy (non-hydrogen) atoms. The van der Waals surface area contributed by atoms with Crippen molar-refractivity contribution < 1.29 is 18.0 Å². The van der Waals surface area contributed by atoms with Crippen LogP contribution in [-0.4, -0.2) is 47.8 Å². The zero-order valence-electron chi connectivity index (χ0n) is 19.4. The van der Waals surface area contributed by atoms with E-state index in [4.69, 9.17) is 0 Å². The van der Waals surface area contributed by atoms with Crippen LogP contribution < -0.4 is 0 Å². The van der Waals surface area contributed by atoms with Gasteiger partial charge in [-0.3, -0.25) is 9.78 Å². The molecule has 182 valence electrons. The van der Waals surface area contributed by atoms with Gasteiger partial charge in [-0.05, 0) is 62.6 Å².